The van der Waals surface area contributed by atoms with Crippen molar-refractivity contribution in [2.75, 3.05) is 19.8 Å². The summed E-state index contributed by atoms with van der Waals surface area (Å²) in [6.45, 7) is -0.477. The zero-order valence-electron chi connectivity index (χ0n) is 10.2. The summed E-state index contributed by atoms with van der Waals surface area (Å²) in [6, 6.07) is 4.01. The Hall–Kier alpha value is -2.19. The molecule has 0 bridgehead atoms. The second-order valence-electron chi connectivity index (χ2n) is 3.60. The molecule has 1 aromatic carbocycles. The second-order valence-corrected chi connectivity index (χ2v) is 4.00. The lowest BCUT2D eigenvalue weighted by atomic mass is 10.1. The summed E-state index contributed by atoms with van der Waals surface area (Å²) in [5, 5.41) is 21.4. The van der Waals surface area contributed by atoms with Crippen molar-refractivity contribution in [3.8, 4) is 0 Å². The van der Waals surface area contributed by atoms with Crippen LogP contribution in [0.4, 0.5) is 5.69 Å². The minimum atomic E-state index is -1.12. The zero-order valence-corrected chi connectivity index (χ0v) is 10.9. The summed E-state index contributed by atoms with van der Waals surface area (Å²) in [4.78, 5) is 32.1. The lowest BCUT2D eigenvalue weighted by Crippen LogP contribution is -2.28. The molecule has 0 saturated carbocycles. The third-order valence-corrected chi connectivity index (χ3v) is 2.48. The van der Waals surface area contributed by atoms with Crippen LogP contribution >= 0.6 is 11.6 Å². The monoisotopic (exact) mass is 302 g/mol. The number of nitro benzene ring substituents is 1. The number of rotatable bonds is 7. The maximum Gasteiger partial charge on any atom is 0.329 e. The van der Waals surface area contributed by atoms with E-state index in [1.165, 1.54) is 18.2 Å². The van der Waals surface area contributed by atoms with Crippen molar-refractivity contribution in [2.24, 2.45) is 0 Å². The van der Waals surface area contributed by atoms with Crippen LogP contribution in [0.3, 0.4) is 0 Å². The van der Waals surface area contributed by atoms with Gasteiger partial charge in [-0.2, -0.15) is 0 Å². The van der Waals surface area contributed by atoms with E-state index in [2.05, 4.69) is 5.32 Å². The Balaban J connectivity index is 2.62. The van der Waals surface area contributed by atoms with E-state index < -0.39 is 29.1 Å². The molecule has 1 amide bonds. The molecule has 0 spiro atoms. The number of aliphatic carboxylic acids is 1. The summed E-state index contributed by atoms with van der Waals surface area (Å²) in [5.41, 5.74) is -0.640. The van der Waals surface area contributed by atoms with Crippen LogP contribution in [0, 0.1) is 10.1 Å². The fourth-order valence-corrected chi connectivity index (χ4v) is 1.62. The van der Waals surface area contributed by atoms with E-state index in [1.54, 1.807) is 0 Å². The van der Waals surface area contributed by atoms with Gasteiger partial charge in [0.1, 0.15) is 17.2 Å². The van der Waals surface area contributed by atoms with Crippen LogP contribution in [-0.2, 0) is 9.53 Å². The van der Waals surface area contributed by atoms with Gasteiger partial charge >= 0.3 is 11.7 Å². The molecule has 0 radical (unpaired) electrons. The van der Waals surface area contributed by atoms with Crippen LogP contribution in [0.25, 0.3) is 0 Å². The molecule has 0 aliphatic heterocycles. The standard InChI is InChI=1S/C11H11ClN2O6/c12-8-3-1-2-7(10(8)14(18)19)11(17)13-4-5-20-6-9(15)16/h1-3H,4-6H2,(H,13,17)(H,15,16). The Bertz CT molecular complexity index is 534. The summed E-state index contributed by atoms with van der Waals surface area (Å²) in [6.07, 6.45) is 0. The molecule has 9 heteroatoms. The number of halogens is 1. The van der Waals surface area contributed by atoms with Crippen molar-refractivity contribution in [2.45, 2.75) is 0 Å². The predicted octanol–water partition coefficient (Wildman–Crippen LogP) is 1.08. The van der Waals surface area contributed by atoms with Gasteiger partial charge in [-0.05, 0) is 12.1 Å². The molecule has 1 aromatic rings. The number of hydrogen-bond donors (Lipinski definition) is 2. The van der Waals surface area contributed by atoms with Crippen LogP contribution in [0.2, 0.25) is 5.02 Å². The van der Waals surface area contributed by atoms with Gasteiger partial charge in [-0.3, -0.25) is 14.9 Å². The van der Waals surface area contributed by atoms with Crippen LogP contribution in [-0.4, -0.2) is 41.7 Å². The average molecular weight is 303 g/mol. The number of carboxylic acid groups (broad SMARTS) is 1. The second kappa shape index (κ2) is 7.41. The largest absolute Gasteiger partial charge is 0.480 e. The van der Waals surface area contributed by atoms with Crippen LogP contribution < -0.4 is 5.32 Å². The third kappa shape index (κ3) is 4.48. The molecule has 20 heavy (non-hydrogen) atoms. The molecule has 0 aliphatic carbocycles. The molecule has 0 unspecified atom stereocenters. The van der Waals surface area contributed by atoms with Gasteiger partial charge in [-0.25, -0.2) is 4.79 Å². The maximum atomic E-state index is 11.8. The first kappa shape index (κ1) is 15.9. The number of benzene rings is 1. The first-order chi connectivity index (χ1) is 9.43. The number of amides is 1. The van der Waals surface area contributed by atoms with Gasteiger partial charge in [-0.1, -0.05) is 17.7 Å². The molecule has 0 aromatic heterocycles. The number of para-hydroxylation sites is 1. The Kier molecular flexibility index (Phi) is 5.88. The minimum absolute atomic E-state index is 0.0214. The van der Waals surface area contributed by atoms with Gasteiger partial charge in [-0.15, -0.1) is 0 Å². The number of carboxylic acids is 1. The van der Waals surface area contributed by atoms with E-state index in [4.69, 9.17) is 21.4 Å². The van der Waals surface area contributed by atoms with Crippen molar-refractivity contribution in [1.29, 1.82) is 0 Å². The average Bonchev–Trinajstić information content (AvgIpc) is 2.36. The van der Waals surface area contributed by atoms with Crippen molar-refractivity contribution in [3.63, 3.8) is 0 Å². The fraction of sp³-hybridized carbons (Fsp3) is 0.273. The van der Waals surface area contributed by atoms with Crippen molar-refractivity contribution in [1.82, 2.24) is 5.32 Å². The van der Waals surface area contributed by atoms with Gasteiger partial charge in [0.2, 0.25) is 0 Å². The molecular weight excluding hydrogens is 292 g/mol. The topological polar surface area (TPSA) is 119 Å². The number of carbonyl (C=O) groups is 2. The van der Waals surface area contributed by atoms with Gasteiger partial charge in [0.05, 0.1) is 11.5 Å². The summed E-state index contributed by atoms with van der Waals surface area (Å²) >= 11 is 5.68. The fourth-order valence-electron chi connectivity index (χ4n) is 1.38. The van der Waals surface area contributed by atoms with Gasteiger partial charge in [0.15, 0.2) is 0 Å². The van der Waals surface area contributed by atoms with Crippen LogP contribution in [0.15, 0.2) is 18.2 Å². The molecule has 8 nitrogen and oxygen atoms in total. The minimum Gasteiger partial charge on any atom is -0.480 e. The van der Waals surface area contributed by atoms with E-state index in [9.17, 15) is 19.7 Å². The Labute approximate surface area is 118 Å². The zero-order chi connectivity index (χ0) is 15.1. The van der Waals surface area contributed by atoms with Gasteiger partial charge < -0.3 is 15.2 Å². The van der Waals surface area contributed by atoms with E-state index in [0.29, 0.717) is 0 Å². The lowest BCUT2D eigenvalue weighted by Gasteiger charge is -2.06. The van der Waals surface area contributed by atoms with Gasteiger partial charge in [0.25, 0.3) is 5.91 Å². The molecule has 0 saturated heterocycles. The van der Waals surface area contributed by atoms with E-state index in [-0.39, 0.29) is 23.7 Å². The molecule has 0 atom stereocenters. The van der Waals surface area contributed by atoms with Crippen molar-refractivity contribution >= 4 is 29.2 Å². The molecule has 108 valence electrons. The molecule has 0 heterocycles. The highest BCUT2D eigenvalue weighted by molar-refractivity contribution is 6.33. The van der Waals surface area contributed by atoms with Crippen molar-refractivity contribution < 1.29 is 24.4 Å². The number of nitrogens with one attached hydrogen (secondary N) is 1. The first-order valence-electron chi connectivity index (χ1n) is 5.44. The van der Waals surface area contributed by atoms with E-state index >= 15 is 0 Å². The maximum absolute atomic E-state index is 11.8. The number of nitrogens with zero attached hydrogens (tertiary/aromatic N) is 1. The first-order valence-corrected chi connectivity index (χ1v) is 5.82. The summed E-state index contributed by atoms with van der Waals surface area (Å²) < 4.78 is 4.71. The SMILES string of the molecule is O=C(O)COCCNC(=O)c1cccc(Cl)c1[N+](=O)[O-]. The molecule has 0 fully saturated rings. The highest BCUT2D eigenvalue weighted by Crippen LogP contribution is 2.27. The van der Waals surface area contributed by atoms with E-state index in [0.717, 1.165) is 0 Å². The highest BCUT2D eigenvalue weighted by atomic mass is 35.5. The van der Waals surface area contributed by atoms with Crippen molar-refractivity contribution in [3.05, 3.63) is 38.9 Å². The molecule has 1 rings (SSSR count). The predicted molar refractivity (Wildman–Crippen MR) is 68.9 cm³/mol. The summed E-state index contributed by atoms with van der Waals surface area (Å²) in [5.74, 6) is -1.81. The molecule has 0 aliphatic rings. The number of hydrogen-bond acceptors (Lipinski definition) is 5. The summed E-state index contributed by atoms with van der Waals surface area (Å²) in [7, 11) is 0. The highest BCUT2D eigenvalue weighted by Gasteiger charge is 2.23. The Morgan fingerprint density at radius 1 is 1.45 bits per heavy atom. The number of carbonyl (C=O) groups excluding carboxylic acids is 1. The lowest BCUT2D eigenvalue weighted by molar-refractivity contribution is -0.385. The molecular formula is C11H11ClN2O6. The number of nitro groups is 1. The van der Waals surface area contributed by atoms with Crippen LogP contribution in [0.1, 0.15) is 10.4 Å². The quantitative estimate of drug-likeness (QED) is 0.442. The van der Waals surface area contributed by atoms with E-state index in [1.807, 2.05) is 0 Å². The van der Waals surface area contributed by atoms with Crippen LogP contribution in [0.5, 0.6) is 0 Å². The number of ether oxygens (including phenoxy) is 1. The normalized spacial score (nSPS) is 10.1. The smallest absolute Gasteiger partial charge is 0.329 e. The Morgan fingerprint density at radius 3 is 2.75 bits per heavy atom. The molecule has 2 N–H and O–H groups in total. The Morgan fingerprint density at radius 2 is 2.15 bits per heavy atom. The van der Waals surface area contributed by atoms with Gasteiger partial charge in [0, 0.05) is 6.54 Å². The third-order valence-electron chi connectivity index (χ3n) is 2.17.